The van der Waals surface area contributed by atoms with Crippen LogP contribution in [0.3, 0.4) is 0 Å². The molecule has 2 heterocycles. The Bertz CT molecular complexity index is 692. The smallest absolute Gasteiger partial charge is 0.241 e. The fourth-order valence-electron chi connectivity index (χ4n) is 2.36. The summed E-state index contributed by atoms with van der Waals surface area (Å²) in [5.41, 5.74) is 3.08. The number of fused-ring (bicyclic) bond motifs is 1. The third-order valence-corrected chi connectivity index (χ3v) is 4.60. The van der Waals surface area contributed by atoms with Gasteiger partial charge in [-0.05, 0) is 39.5 Å². The third kappa shape index (κ3) is 3.26. The first-order chi connectivity index (χ1) is 10.1. The van der Waals surface area contributed by atoms with Crippen molar-refractivity contribution in [1.29, 1.82) is 0 Å². The van der Waals surface area contributed by atoms with Gasteiger partial charge in [-0.2, -0.15) is 0 Å². The molecule has 21 heavy (non-hydrogen) atoms. The van der Waals surface area contributed by atoms with Gasteiger partial charge < -0.3 is 10.6 Å². The number of nitrogens with zero attached hydrogens (tertiary/aromatic N) is 1. The lowest BCUT2D eigenvalue weighted by molar-refractivity contribution is -0.118. The zero-order valence-electron chi connectivity index (χ0n) is 11.1. The van der Waals surface area contributed by atoms with E-state index in [0.29, 0.717) is 28.3 Å². The second-order valence-electron chi connectivity index (χ2n) is 4.89. The Labute approximate surface area is 136 Å². The first-order valence-corrected chi connectivity index (χ1v) is 7.72. The van der Waals surface area contributed by atoms with Gasteiger partial charge in [0.15, 0.2) is 0 Å². The molecule has 0 saturated carbocycles. The number of aromatic nitrogens is 1. The highest BCUT2D eigenvalue weighted by atomic mass is 79.9. The highest BCUT2D eigenvalue weighted by Crippen LogP contribution is 2.23. The van der Waals surface area contributed by atoms with E-state index < -0.39 is 0 Å². The molecule has 0 bridgehead atoms. The number of benzene rings is 1. The van der Waals surface area contributed by atoms with Crippen molar-refractivity contribution in [3.05, 3.63) is 57.3 Å². The quantitative estimate of drug-likeness (QED) is 0.803. The molecular formula is C15H13BrClN3O. The first kappa shape index (κ1) is 14.5. The van der Waals surface area contributed by atoms with Gasteiger partial charge in [0, 0.05) is 6.54 Å². The molecule has 1 aliphatic heterocycles. The third-order valence-electron chi connectivity index (χ3n) is 3.46. The molecule has 1 aliphatic rings. The van der Waals surface area contributed by atoms with Crippen LogP contribution in [0.5, 0.6) is 0 Å². The van der Waals surface area contributed by atoms with Crippen molar-refractivity contribution in [1.82, 2.24) is 10.3 Å². The predicted octanol–water partition coefficient (Wildman–Crippen LogP) is 3.15. The van der Waals surface area contributed by atoms with Gasteiger partial charge in [-0.25, -0.2) is 4.98 Å². The lowest BCUT2D eigenvalue weighted by Crippen LogP contribution is -2.44. The van der Waals surface area contributed by atoms with E-state index in [2.05, 4.69) is 43.7 Å². The lowest BCUT2D eigenvalue weighted by atomic mass is 9.95. The van der Waals surface area contributed by atoms with Crippen LogP contribution in [0, 0.1) is 0 Å². The van der Waals surface area contributed by atoms with Crippen LogP contribution in [0.25, 0.3) is 0 Å². The van der Waals surface area contributed by atoms with Gasteiger partial charge >= 0.3 is 0 Å². The molecule has 1 atom stereocenters. The number of hydrogen-bond donors (Lipinski definition) is 2. The van der Waals surface area contributed by atoms with Crippen LogP contribution in [0.1, 0.15) is 11.1 Å². The number of halogens is 2. The van der Waals surface area contributed by atoms with Crippen molar-refractivity contribution in [2.24, 2.45) is 0 Å². The second kappa shape index (κ2) is 6.13. The Balaban J connectivity index is 1.70. The largest absolute Gasteiger partial charge is 0.323 e. The molecule has 2 aromatic rings. The summed E-state index contributed by atoms with van der Waals surface area (Å²) in [6.45, 7) is 0.705. The Kier molecular flexibility index (Phi) is 4.24. The number of carbonyl (C=O) groups excluding carboxylic acids is 1. The van der Waals surface area contributed by atoms with Gasteiger partial charge in [-0.15, -0.1) is 0 Å². The van der Waals surface area contributed by atoms with E-state index in [1.54, 1.807) is 12.3 Å². The molecule has 0 fully saturated rings. The second-order valence-corrected chi connectivity index (χ2v) is 6.10. The van der Waals surface area contributed by atoms with Crippen LogP contribution in [0.2, 0.25) is 5.15 Å². The number of carbonyl (C=O) groups is 1. The minimum absolute atomic E-state index is 0.0690. The topological polar surface area (TPSA) is 54.0 Å². The molecule has 3 rings (SSSR count). The number of nitrogens with one attached hydrogen (secondary N) is 2. The maximum absolute atomic E-state index is 12.3. The van der Waals surface area contributed by atoms with Crippen LogP contribution in [0.15, 0.2) is 41.0 Å². The molecule has 2 N–H and O–H groups in total. The number of rotatable bonds is 2. The van der Waals surface area contributed by atoms with Crippen molar-refractivity contribution in [3.63, 3.8) is 0 Å². The molecule has 0 unspecified atom stereocenters. The van der Waals surface area contributed by atoms with E-state index in [1.807, 2.05) is 12.1 Å². The van der Waals surface area contributed by atoms with E-state index in [9.17, 15) is 4.79 Å². The van der Waals surface area contributed by atoms with Crippen molar-refractivity contribution in [2.75, 3.05) is 5.32 Å². The SMILES string of the molecule is O=C(Nc1cnc(Cl)c(Br)c1)[C@H]1Cc2ccccc2CN1. The number of amides is 1. The summed E-state index contributed by atoms with van der Waals surface area (Å²) < 4.78 is 0.656. The summed E-state index contributed by atoms with van der Waals surface area (Å²) in [7, 11) is 0. The molecule has 6 heteroatoms. The van der Waals surface area contributed by atoms with E-state index in [0.717, 1.165) is 0 Å². The Morgan fingerprint density at radius 2 is 2.14 bits per heavy atom. The lowest BCUT2D eigenvalue weighted by Gasteiger charge is -2.25. The standard InChI is InChI=1S/C15H13BrClN3O/c16-12-6-11(8-19-14(12)17)20-15(21)13-5-9-3-1-2-4-10(9)7-18-13/h1-4,6,8,13,18H,5,7H2,(H,20,21)/t13-/m1/s1. The molecule has 1 amide bonds. The normalized spacial score (nSPS) is 17.1. The highest BCUT2D eigenvalue weighted by molar-refractivity contribution is 9.10. The summed E-state index contributed by atoms with van der Waals surface area (Å²) in [6, 6.07) is 9.66. The van der Waals surface area contributed by atoms with Gasteiger partial charge in [-0.1, -0.05) is 35.9 Å². The van der Waals surface area contributed by atoms with Crippen molar-refractivity contribution >= 4 is 39.1 Å². The van der Waals surface area contributed by atoms with Crippen LogP contribution in [-0.2, 0) is 17.8 Å². The minimum atomic E-state index is -0.241. The van der Waals surface area contributed by atoms with Crippen LogP contribution in [0.4, 0.5) is 5.69 Å². The molecule has 1 aromatic carbocycles. The van der Waals surface area contributed by atoms with E-state index >= 15 is 0 Å². The number of anilines is 1. The van der Waals surface area contributed by atoms with Gasteiger partial charge in [-0.3, -0.25) is 4.79 Å². The van der Waals surface area contributed by atoms with Gasteiger partial charge in [0.25, 0.3) is 0 Å². The van der Waals surface area contributed by atoms with Crippen molar-refractivity contribution in [3.8, 4) is 0 Å². The van der Waals surface area contributed by atoms with Crippen molar-refractivity contribution < 1.29 is 4.79 Å². The predicted molar refractivity (Wildman–Crippen MR) is 86.4 cm³/mol. The van der Waals surface area contributed by atoms with Crippen molar-refractivity contribution in [2.45, 2.75) is 19.0 Å². The Morgan fingerprint density at radius 3 is 2.90 bits per heavy atom. The molecule has 1 aromatic heterocycles. The first-order valence-electron chi connectivity index (χ1n) is 6.55. The average molecular weight is 367 g/mol. The van der Waals surface area contributed by atoms with Crippen LogP contribution >= 0.6 is 27.5 Å². The van der Waals surface area contributed by atoms with Gasteiger partial charge in [0.1, 0.15) is 5.15 Å². The van der Waals surface area contributed by atoms with Crippen LogP contribution in [-0.4, -0.2) is 16.9 Å². The Morgan fingerprint density at radius 1 is 1.38 bits per heavy atom. The fraction of sp³-hybridized carbons (Fsp3) is 0.200. The monoisotopic (exact) mass is 365 g/mol. The molecular weight excluding hydrogens is 354 g/mol. The maximum atomic E-state index is 12.3. The summed E-state index contributed by atoms with van der Waals surface area (Å²) in [5, 5.41) is 6.48. The van der Waals surface area contributed by atoms with E-state index in [1.165, 1.54) is 11.1 Å². The summed E-state index contributed by atoms with van der Waals surface area (Å²) in [6.07, 6.45) is 2.23. The fourth-order valence-corrected chi connectivity index (χ4v) is 2.81. The summed E-state index contributed by atoms with van der Waals surface area (Å²) in [4.78, 5) is 16.3. The molecule has 0 aliphatic carbocycles. The summed E-state index contributed by atoms with van der Waals surface area (Å²) in [5.74, 6) is -0.0690. The zero-order valence-corrected chi connectivity index (χ0v) is 13.4. The van der Waals surface area contributed by atoms with Gasteiger partial charge in [0.2, 0.25) is 5.91 Å². The molecule has 0 spiro atoms. The molecule has 0 saturated heterocycles. The maximum Gasteiger partial charge on any atom is 0.241 e. The Hall–Kier alpha value is -1.43. The number of hydrogen-bond acceptors (Lipinski definition) is 3. The zero-order chi connectivity index (χ0) is 14.8. The van der Waals surface area contributed by atoms with Gasteiger partial charge in [0.05, 0.1) is 22.4 Å². The van der Waals surface area contributed by atoms with Crippen LogP contribution < -0.4 is 10.6 Å². The number of pyridine rings is 1. The van der Waals surface area contributed by atoms with E-state index in [4.69, 9.17) is 11.6 Å². The average Bonchev–Trinajstić information content (AvgIpc) is 2.50. The van der Waals surface area contributed by atoms with E-state index in [-0.39, 0.29) is 11.9 Å². The molecule has 108 valence electrons. The minimum Gasteiger partial charge on any atom is -0.323 e. The summed E-state index contributed by atoms with van der Waals surface area (Å²) >= 11 is 9.13. The molecule has 4 nitrogen and oxygen atoms in total. The highest BCUT2D eigenvalue weighted by Gasteiger charge is 2.24. The molecule has 0 radical (unpaired) electrons.